The molecule has 0 bridgehead atoms. The zero-order chi connectivity index (χ0) is 15.9. The maximum absolute atomic E-state index is 12.3. The number of rotatable bonds is 4. The summed E-state index contributed by atoms with van der Waals surface area (Å²) in [5.41, 5.74) is 2.48. The second-order valence-electron chi connectivity index (χ2n) is 5.64. The Morgan fingerprint density at radius 3 is 2.73 bits per heavy atom. The highest BCUT2D eigenvalue weighted by Crippen LogP contribution is 2.06. The third-order valence-corrected chi connectivity index (χ3v) is 3.78. The highest BCUT2D eigenvalue weighted by atomic mass is 16.2. The number of nitrogens with zero attached hydrogens (tertiary/aromatic N) is 3. The van der Waals surface area contributed by atoms with E-state index in [-0.39, 0.29) is 11.5 Å². The van der Waals surface area contributed by atoms with Crippen LogP contribution in [0.25, 0.3) is 0 Å². The van der Waals surface area contributed by atoms with Crippen molar-refractivity contribution in [2.24, 2.45) is 0 Å². The van der Waals surface area contributed by atoms with Crippen LogP contribution in [-0.4, -0.2) is 48.9 Å². The number of carbonyl (C=O) groups excluding carboxylic acids is 1. The summed E-state index contributed by atoms with van der Waals surface area (Å²) in [5.74, 6) is -0.188. The fraction of sp³-hybridized carbons (Fsp3) is 0.412. The maximum atomic E-state index is 12.3. The van der Waals surface area contributed by atoms with Crippen LogP contribution >= 0.6 is 0 Å². The number of likely N-dealkylation sites (N-methyl/N-ethyl adjacent to an activating group) is 1. The lowest BCUT2D eigenvalue weighted by Crippen LogP contribution is -2.47. The predicted molar refractivity (Wildman–Crippen MR) is 85.8 cm³/mol. The van der Waals surface area contributed by atoms with Gasteiger partial charge < -0.3 is 15.1 Å². The van der Waals surface area contributed by atoms with E-state index in [0.29, 0.717) is 19.6 Å². The number of benzene rings is 1. The van der Waals surface area contributed by atoms with Crippen molar-refractivity contribution in [1.82, 2.24) is 15.1 Å². The minimum absolute atomic E-state index is 0.164. The monoisotopic (exact) mass is 298 g/mol. The lowest BCUT2D eigenvalue weighted by molar-refractivity contribution is -0.128. The molecule has 0 spiro atoms. The topological polar surface area (TPSA) is 59.4 Å². The molecule has 1 saturated heterocycles. The maximum Gasteiger partial charge on any atom is 0.266 e. The molecule has 1 heterocycles. The third-order valence-electron chi connectivity index (χ3n) is 3.78. The van der Waals surface area contributed by atoms with E-state index in [2.05, 4.69) is 16.3 Å². The Kier molecular flexibility index (Phi) is 5.56. The summed E-state index contributed by atoms with van der Waals surface area (Å²) in [6.07, 6.45) is 1.53. The Balaban J connectivity index is 1.93. The Morgan fingerprint density at radius 1 is 1.36 bits per heavy atom. The molecule has 1 aliphatic heterocycles. The second-order valence-corrected chi connectivity index (χ2v) is 5.64. The molecule has 5 nitrogen and oxygen atoms in total. The molecular weight excluding hydrogens is 276 g/mol. The van der Waals surface area contributed by atoms with Crippen LogP contribution in [0.5, 0.6) is 0 Å². The number of nitriles is 1. The molecule has 1 aromatic rings. The van der Waals surface area contributed by atoms with Crippen LogP contribution in [0.3, 0.4) is 0 Å². The first-order chi connectivity index (χ1) is 10.6. The molecule has 1 amide bonds. The van der Waals surface area contributed by atoms with Crippen molar-refractivity contribution in [2.45, 2.75) is 13.5 Å². The van der Waals surface area contributed by atoms with Gasteiger partial charge >= 0.3 is 0 Å². The molecule has 1 fully saturated rings. The number of piperazine rings is 1. The van der Waals surface area contributed by atoms with Crippen molar-refractivity contribution < 1.29 is 4.79 Å². The molecule has 1 aromatic carbocycles. The summed E-state index contributed by atoms with van der Waals surface area (Å²) in [6.45, 7) is 5.68. The van der Waals surface area contributed by atoms with Crippen LogP contribution in [0.15, 0.2) is 36.0 Å². The molecular formula is C17H22N4O. The van der Waals surface area contributed by atoms with E-state index in [0.717, 1.165) is 18.7 Å². The predicted octanol–water partition coefficient (Wildman–Crippen LogP) is 1.27. The zero-order valence-corrected chi connectivity index (χ0v) is 13.2. The van der Waals surface area contributed by atoms with Gasteiger partial charge in [0.2, 0.25) is 0 Å². The summed E-state index contributed by atoms with van der Waals surface area (Å²) < 4.78 is 0. The smallest absolute Gasteiger partial charge is 0.266 e. The van der Waals surface area contributed by atoms with Crippen LogP contribution in [0.4, 0.5) is 0 Å². The van der Waals surface area contributed by atoms with Crippen LogP contribution in [-0.2, 0) is 11.3 Å². The molecule has 5 heteroatoms. The first-order valence-electron chi connectivity index (χ1n) is 7.47. The van der Waals surface area contributed by atoms with Gasteiger partial charge in [0.1, 0.15) is 11.6 Å². The highest BCUT2D eigenvalue weighted by molar-refractivity contribution is 5.97. The quantitative estimate of drug-likeness (QED) is 0.672. The van der Waals surface area contributed by atoms with Crippen molar-refractivity contribution >= 4 is 5.91 Å². The van der Waals surface area contributed by atoms with E-state index in [4.69, 9.17) is 0 Å². The summed E-state index contributed by atoms with van der Waals surface area (Å²) >= 11 is 0. The van der Waals surface area contributed by atoms with Gasteiger partial charge in [0, 0.05) is 38.9 Å². The van der Waals surface area contributed by atoms with Gasteiger partial charge in [0.05, 0.1) is 0 Å². The van der Waals surface area contributed by atoms with Crippen molar-refractivity contribution in [3.63, 3.8) is 0 Å². The van der Waals surface area contributed by atoms with Crippen LogP contribution in [0.2, 0.25) is 0 Å². The van der Waals surface area contributed by atoms with Crippen molar-refractivity contribution in [3.8, 4) is 6.07 Å². The standard InChI is InChI=1S/C17H22N4O/c1-14-4-3-5-15(10-14)12-19-13-16(11-18)17(22)21-8-6-20(2)7-9-21/h3-5,10,13,19H,6-9,12H2,1-2H3/b16-13-. The van der Waals surface area contributed by atoms with Gasteiger partial charge in [-0.25, -0.2) is 0 Å². The number of carbonyl (C=O) groups is 1. The van der Waals surface area contributed by atoms with Gasteiger partial charge in [0.15, 0.2) is 0 Å². The number of nitrogens with one attached hydrogen (secondary N) is 1. The lowest BCUT2D eigenvalue weighted by atomic mass is 10.1. The molecule has 1 N–H and O–H groups in total. The fourth-order valence-corrected chi connectivity index (χ4v) is 2.41. The van der Waals surface area contributed by atoms with Gasteiger partial charge in [0.25, 0.3) is 5.91 Å². The van der Waals surface area contributed by atoms with Gasteiger partial charge in [-0.3, -0.25) is 4.79 Å². The molecule has 0 aliphatic carbocycles. The summed E-state index contributed by atoms with van der Waals surface area (Å²) in [6, 6.07) is 10.1. The zero-order valence-electron chi connectivity index (χ0n) is 13.2. The average molecular weight is 298 g/mol. The van der Waals surface area contributed by atoms with Crippen molar-refractivity contribution in [2.75, 3.05) is 33.2 Å². The molecule has 22 heavy (non-hydrogen) atoms. The Labute approximate surface area is 131 Å². The Morgan fingerprint density at radius 2 is 2.09 bits per heavy atom. The van der Waals surface area contributed by atoms with Gasteiger partial charge in [-0.05, 0) is 19.5 Å². The van der Waals surface area contributed by atoms with Crippen LogP contribution < -0.4 is 5.32 Å². The first kappa shape index (κ1) is 16.1. The summed E-state index contributed by atoms with van der Waals surface area (Å²) in [4.78, 5) is 16.2. The largest absolute Gasteiger partial charge is 0.386 e. The van der Waals surface area contributed by atoms with E-state index in [1.807, 2.05) is 38.2 Å². The minimum Gasteiger partial charge on any atom is -0.386 e. The van der Waals surface area contributed by atoms with E-state index < -0.39 is 0 Å². The Hall–Kier alpha value is -2.32. The molecule has 1 aliphatic rings. The van der Waals surface area contributed by atoms with E-state index in [9.17, 15) is 10.1 Å². The number of hydrogen-bond donors (Lipinski definition) is 1. The van der Waals surface area contributed by atoms with Gasteiger partial charge in [-0.2, -0.15) is 5.26 Å². The van der Waals surface area contributed by atoms with E-state index in [1.54, 1.807) is 4.90 Å². The molecule has 0 aromatic heterocycles. The average Bonchev–Trinajstić information content (AvgIpc) is 2.52. The van der Waals surface area contributed by atoms with E-state index in [1.165, 1.54) is 11.8 Å². The minimum atomic E-state index is -0.188. The number of aryl methyl sites for hydroxylation is 1. The molecule has 2 rings (SSSR count). The van der Waals surface area contributed by atoms with Gasteiger partial charge in [-0.1, -0.05) is 29.8 Å². The summed E-state index contributed by atoms with van der Waals surface area (Å²) in [7, 11) is 2.03. The SMILES string of the molecule is Cc1cccc(CN/C=C(/C#N)C(=O)N2CCN(C)CC2)c1. The van der Waals surface area contributed by atoms with Crippen LogP contribution in [0, 0.1) is 18.3 Å². The van der Waals surface area contributed by atoms with E-state index >= 15 is 0 Å². The molecule has 0 saturated carbocycles. The highest BCUT2D eigenvalue weighted by Gasteiger charge is 2.21. The molecule has 0 atom stereocenters. The number of amides is 1. The second kappa shape index (κ2) is 7.62. The molecule has 0 unspecified atom stereocenters. The molecule has 0 radical (unpaired) electrons. The third kappa shape index (κ3) is 4.34. The van der Waals surface area contributed by atoms with Gasteiger partial charge in [-0.15, -0.1) is 0 Å². The first-order valence-corrected chi connectivity index (χ1v) is 7.47. The normalized spacial score (nSPS) is 16.2. The molecule has 116 valence electrons. The van der Waals surface area contributed by atoms with Crippen LogP contribution in [0.1, 0.15) is 11.1 Å². The van der Waals surface area contributed by atoms with Crippen molar-refractivity contribution in [3.05, 3.63) is 47.2 Å². The Bertz CT molecular complexity index is 595. The van der Waals surface area contributed by atoms with Crippen molar-refractivity contribution in [1.29, 1.82) is 5.26 Å². The lowest BCUT2D eigenvalue weighted by Gasteiger charge is -2.32. The fourth-order valence-electron chi connectivity index (χ4n) is 2.41. The summed E-state index contributed by atoms with van der Waals surface area (Å²) in [5, 5.41) is 12.3. The number of hydrogen-bond acceptors (Lipinski definition) is 4.